The summed E-state index contributed by atoms with van der Waals surface area (Å²) in [5, 5.41) is 16.8. The number of hydrogen-bond donors (Lipinski definition) is 1. The average Bonchev–Trinajstić information content (AvgIpc) is 3.23. The molecule has 41 heavy (non-hydrogen) atoms. The Bertz CT molecular complexity index is 1390. The maximum absolute atomic E-state index is 13.7. The summed E-state index contributed by atoms with van der Waals surface area (Å²) in [6.07, 6.45) is 1.01. The summed E-state index contributed by atoms with van der Waals surface area (Å²) >= 11 is 0. The Morgan fingerprint density at radius 3 is 2.20 bits per heavy atom. The molecule has 2 aromatic carbocycles. The Morgan fingerprint density at radius 1 is 1.10 bits per heavy atom. The molecule has 8 nitrogen and oxygen atoms in total. The second kappa shape index (κ2) is 10.9. The van der Waals surface area contributed by atoms with Crippen LogP contribution in [0.4, 0.5) is 4.79 Å². The molecule has 2 unspecified atom stereocenters. The lowest BCUT2D eigenvalue weighted by molar-refractivity contribution is 0.0733. The predicted molar refractivity (Wildman–Crippen MR) is 162 cm³/mol. The van der Waals surface area contributed by atoms with Crippen molar-refractivity contribution in [3.63, 3.8) is 0 Å². The van der Waals surface area contributed by atoms with E-state index in [9.17, 15) is 14.7 Å². The van der Waals surface area contributed by atoms with Crippen LogP contribution in [0, 0.1) is 5.92 Å². The van der Waals surface area contributed by atoms with Gasteiger partial charge in [-0.15, -0.1) is 6.58 Å². The number of carbonyl (C=O) groups is 2. The molecule has 9 heteroatoms. The molecule has 216 valence electrons. The number of aromatic nitrogens is 2. The highest BCUT2D eigenvalue weighted by molar-refractivity contribution is 6.99. The Morgan fingerprint density at radius 2 is 1.68 bits per heavy atom. The highest BCUT2D eigenvalue weighted by atomic mass is 28.4. The van der Waals surface area contributed by atoms with E-state index in [4.69, 9.17) is 9.52 Å². The third kappa shape index (κ3) is 5.02. The molecular weight excluding hydrogens is 532 g/mol. The summed E-state index contributed by atoms with van der Waals surface area (Å²) < 4.78 is 9.24. The molecule has 0 saturated carbocycles. The first-order chi connectivity index (χ1) is 19.5. The van der Waals surface area contributed by atoms with Crippen LogP contribution in [0.15, 0.2) is 73.3 Å². The summed E-state index contributed by atoms with van der Waals surface area (Å²) in [5.74, 6) is -0.256. The lowest BCUT2D eigenvalue weighted by Crippen LogP contribution is -2.68. The van der Waals surface area contributed by atoms with Crippen molar-refractivity contribution >= 4 is 30.7 Å². The van der Waals surface area contributed by atoms with Crippen molar-refractivity contribution in [2.24, 2.45) is 5.92 Å². The van der Waals surface area contributed by atoms with E-state index >= 15 is 0 Å². The molecule has 2 aliphatic heterocycles. The smallest absolute Gasteiger partial charge is 0.407 e. The quantitative estimate of drug-likeness (QED) is 0.354. The topological polar surface area (TPSA) is 87.9 Å². The Hall–Kier alpha value is -3.69. The van der Waals surface area contributed by atoms with Crippen LogP contribution in [0.1, 0.15) is 49.4 Å². The van der Waals surface area contributed by atoms with Gasteiger partial charge in [0.05, 0.1) is 18.3 Å². The van der Waals surface area contributed by atoms with Crippen molar-refractivity contribution in [2.75, 3.05) is 13.6 Å². The van der Waals surface area contributed by atoms with Crippen LogP contribution in [0.5, 0.6) is 0 Å². The summed E-state index contributed by atoms with van der Waals surface area (Å²) in [5.41, 5.74) is 2.00. The van der Waals surface area contributed by atoms with Gasteiger partial charge in [-0.2, -0.15) is 5.10 Å². The maximum Gasteiger partial charge on any atom is 0.407 e. The lowest BCUT2D eigenvalue weighted by Gasteiger charge is -2.46. The average molecular weight is 573 g/mol. The normalized spacial score (nSPS) is 20.2. The zero-order valence-electron chi connectivity index (χ0n) is 24.6. The van der Waals surface area contributed by atoms with Gasteiger partial charge in [-0.3, -0.25) is 9.48 Å². The van der Waals surface area contributed by atoms with Crippen LogP contribution < -0.4 is 10.4 Å². The molecular formula is C32H40N4O4Si. The Labute approximate surface area is 243 Å². The van der Waals surface area contributed by atoms with E-state index in [-0.39, 0.29) is 35.6 Å². The van der Waals surface area contributed by atoms with Crippen LogP contribution in [-0.2, 0) is 23.9 Å². The van der Waals surface area contributed by atoms with E-state index < -0.39 is 14.4 Å². The Kier molecular flexibility index (Phi) is 7.69. The minimum atomic E-state index is -2.88. The van der Waals surface area contributed by atoms with Gasteiger partial charge in [0.15, 0.2) is 0 Å². The van der Waals surface area contributed by atoms with Gasteiger partial charge in [0, 0.05) is 44.1 Å². The van der Waals surface area contributed by atoms with E-state index in [1.807, 2.05) is 25.1 Å². The molecule has 0 bridgehead atoms. The molecule has 0 aliphatic carbocycles. The minimum absolute atomic E-state index is 0.112. The summed E-state index contributed by atoms with van der Waals surface area (Å²) in [7, 11) is -1.08. The van der Waals surface area contributed by atoms with Gasteiger partial charge in [0.2, 0.25) is 0 Å². The zero-order chi connectivity index (χ0) is 29.5. The third-order valence-electron chi connectivity index (χ3n) is 8.62. The summed E-state index contributed by atoms with van der Waals surface area (Å²) in [6.45, 7) is 13.9. The zero-order valence-corrected chi connectivity index (χ0v) is 25.6. The molecule has 3 atom stereocenters. The minimum Gasteiger partial charge on any atom is -0.465 e. The largest absolute Gasteiger partial charge is 0.465 e. The SMILES string of the molecule is C=CC(O[Si](c1ccccc1)(c1ccccc1)C(C)(C)C)C1CN(C)C(=O)c2c3c(nn2C1)C[C@@H](C)N(C(=O)O)C3. The van der Waals surface area contributed by atoms with Crippen molar-refractivity contribution in [1.29, 1.82) is 0 Å². The first kappa shape index (κ1) is 28.8. The number of hydrogen-bond acceptors (Lipinski definition) is 4. The summed E-state index contributed by atoms with van der Waals surface area (Å²) in [4.78, 5) is 28.7. The van der Waals surface area contributed by atoms with Crippen molar-refractivity contribution in [2.45, 2.75) is 64.4 Å². The predicted octanol–water partition coefficient (Wildman–Crippen LogP) is 4.14. The standard InChI is InChI=1S/C32H40N4O4Si/c1-7-28(40-41(32(3,4)5,24-14-10-8-11-15-24)25-16-12-9-13-17-25)23-19-34(6)30(37)29-26-21-35(31(38)39)22(2)18-27(26)33-36(29)20-23/h7-17,22-23,28H,1,18-21H2,2-6H3,(H,38,39)/t22-,23?,28?/m1/s1. The van der Waals surface area contributed by atoms with E-state index in [0.29, 0.717) is 30.8 Å². The lowest BCUT2D eigenvalue weighted by atomic mass is 9.99. The second-order valence-corrected chi connectivity index (χ2v) is 16.6. The number of nitrogens with zero attached hydrogens (tertiary/aromatic N) is 4. The number of amides is 2. The van der Waals surface area contributed by atoms with Crippen LogP contribution in [0.3, 0.4) is 0 Å². The molecule has 0 saturated heterocycles. The van der Waals surface area contributed by atoms with Gasteiger partial charge < -0.3 is 19.3 Å². The third-order valence-corrected chi connectivity index (χ3v) is 13.7. The molecule has 2 amide bonds. The van der Waals surface area contributed by atoms with Gasteiger partial charge in [-0.25, -0.2) is 4.79 Å². The Balaban J connectivity index is 1.58. The van der Waals surface area contributed by atoms with Crippen molar-refractivity contribution in [3.8, 4) is 0 Å². The molecule has 3 heterocycles. The molecule has 2 aliphatic rings. The number of carbonyl (C=O) groups excluding carboxylic acids is 1. The van der Waals surface area contributed by atoms with Crippen molar-refractivity contribution in [1.82, 2.24) is 19.6 Å². The monoisotopic (exact) mass is 572 g/mol. The molecule has 0 spiro atoms. The molecule has 3 aromatic rings. The van der Waals surface area contributed by atoms with Crippen molar-refractivity contribution in [3.05, 3.63) is 90.3 Å². The van der Waals surface area contributed by atoms with E-state index in [0.717, 1.165) is 5.69 Å². The first-order valence-corrected chi connectivity index (χ1v) is 16.1. The van der Waals surface area contributed by atoms with Crippen LogP contribution in [-0.4, -0.2) is 70.7 Å². The highest BCUT2D eigenvalue weighted by Gasteiger charge is 2.52. The number of fused-ring (bicyclic) bond motifs is 3. The fourth-order valence-electron chi connectivity index (χ4n) is 6.56. The van der Waals surface area contributed by atoms with Gasteiger partial charge in [-0.05, 0) is 22.3 Å². The number of rotatable bonds is 6. The number of carboxylic acid groups (broad SMARTS) is 1. The summed E-state index contributed by atoms with van der Waals surface area (Å²) in [6, 6.07) is 20.8. The molecule has 0 fully saturated rings. The van der Waals surface area contributed by atoms with E-state index in [1.165, 1.54) is 15.3 Å². The first-order valence-electron chi connectivity index (χ1n) is 14.2. The fourth-order valence-corrected chi connectivity index (χ4v) is 11.3. The fraction of sp³-hybridized carbons (Fsp3) is 0.406. The van der Waals surface area contributed by atoms with Crippen molar-refractivity contribution < 1.29 is 19.1 Å². The highest BCUT2D eigenvalue weighted by Crippen LogP contribution is 2.39. The number of benzene rings is 2. The molecule has 1 aromatic heterocycles. The van der Waals surface area contributed by atoms with Gasteiger partial charge in [0.1, 0.15) is 5.69 Å². The van der Waals surface area contributed by atoms with Crippen LogP contribution >= 0.6 is 0 Å². The van der Waals surface area contributed by atoms with Crippen LogP contribution in [0.2, 0.25) is 5.04 Å². The van der Waals surface area contributed by atoms with E-state index in [2.05, 4.69) is 75.9 Å². The van der Waals surface area contributed by atoms with Gasteiger partial charge in [0.25, 0.3) is 14.2 Å². The molecule has 1 N–H and O–H groups in total. The molecule has 0 radical (unpaired) electrons. The van der Waals surface area contributed by atoms with Gasteiger partial charge >= 0.3 is 6.09 Å². The van der Waals surface area contributed by atoms with Crippen LogP contribution in [0.25, 0.3) is 0 Å². The molecule has 5 rings (SSSR count). The van der Waals surface area contributed by atoms with E-state index in [1.54, 1.807) is 16.6 Å². The van der Waals surface area contributed by atoms with Gasteiger partial charge in [-0.1, -0.05) is 87.5 Å². The second-order valence-electron chi connectivity index (χ2n) is 12.3. The maximum atomic E-state index is 13.7.